The second-order valence-corrected chi connectivity index (χ2v) is 4.17. The van der Waals surface area contributed by atoms with Gasteiger partial charge in [-0.2, -0.15) is 0 Å². The summed E-state index contributed by atoms with van der Waals surface area (Å²) < 4.78 is 6.22. The molecule has 0 aliphatic carbocycles. The van der Waals surface area contributed by atoms with Crippen LogP contribution in [-0.4, -0.2) is 4.98 Å². The summed E-state index contributed by atoms with van der Waals surface area (Å²) in [6.45, 7) is 4.03. The molecule has 0 unspecified atom stereocenters. The van der Waals surface area contributed by atoms with Crippen molar-refractivity contribution in [3.05, 3.63) is 39.4 Å². The molecule has 0 atom stereocenters. The lowest BCUT2D eigenvalue weighted by atomic mass is 10.1. The molecule has 3 heteroatoms. The van der Waals surface area contributed by atoms with Crippen LogP contribution in [0.1, 0.15) is 11.3 Å². The summed E-state index contributed by atoms with van der Waals surface area (Å²) in [5.41, 5.74) is 3.27. The number of benzene rings is 1. The molecule has 0 fully saturated rings. The van der Waals surface area contributed by atoms with E-state index in [0.717, 1.165) is 17.0 Å². The van der Waals surface area contributed by atoms with Crippen LogP contribution >= 0.6 is 22.6 Å². The third kappa shape index (κ3) is 1.82. The van der Waals surface area contributed by atoms with Gasteiger partial charge in [-0.05, 0) is 19.9 Å². The number of halogens is 1. The Balaban J connectivity index is 2.54. The van der Waals surface area contributed by atoms with E-state index in [2.05, 4.69) is 46.6 Å². The predicted molar refractivity (Wildman–Crippen MR) is 64.1 cm³/mol. The Kier molecular flexibility index (Phi) is 2.58. The second-order valence-electron chi connectivity index (χ2n) is 3.25. The summed E-state index contributed by atoms with van der Waals surface area (Å²) >= 11 is 2.08. The fraction of sp³-hybridized carbons (Fsp3) is 0.182. The first-order valence-electron chi connectivity index (χ1n) is 4.37. The highest BCUT2D eigenvalue weighted by molar-refractivity contribution is 14.1. The first kappa shape index (κ1) is 9.71. The van der Waals surface area contributed by atoms with Crippen molar-refractivity contribution in [2.45, 2.75) is 13.8 Å². The van der Waals surface area contributed by atoms with Crippen LogP contribution in [0.15, 0.2) is 28.7 Å². The number of rotatable bonds is 1. The molecule has 0 radical (unpaired) electrons. The van der Waals surface area contributed by atoms with E-state index in [1.54, 1.807) is 0 Å². The summed E-state index contributed by atoms with van der Waals surface area (Å²) in [5.74, 6) is 0.873. The number of hydrogen-bond donors (Lipinski definition) is 0. The van der Waals surface area contributed by atoms with Crippen LogP contribution in [0.25, 0.3) is 11.3 Å². The van der Waals surface area contributed by atoms with Gasteiger partial charge in [0.25, 0.3) is 3.90 Å². The first-order valence-corrected chi connectivity index (χ1v) is 5.44. The highest BCUT2D eigenvalue weighted by atomic mass is 127. The molecule has 2 nitrogen and oxygen atoms in total. The highest BCUT2D eigenvalue weighted by Gasteiger charge is 2.09. The first-order chi connectivity index (χ1) is 6.66. The van der Waals surface area contributed by atoms with Gasteiger partial charge < -0.3 is 4.42 Å². The van der Waals surface area contributed by atoms with Gasteiger partial charge in [0.1, 0.15) is 0 Å². The van der Waals surface area contributed by atoms with Crippen molar-refractivity contribution in [3.8, 4) is 11.3 Å². The van der Waals surface area contributed by atoms with E-state index in [1.165, 1.54) is 5.56 Å². The van der Waals surface area contributed by atoms with Gasteiger partial charge in [0.2, 0.25) is 0 Å². The van der Waals surface area contributed by atoms with E-state index >= 15 is 0 Å². The van der Waals surface area contributed by atoms with Crippen molar-refractivity contribution in [2.75, 3.05) is 0 Å². The maximum atomic E-state index is 5.53. The molecule has 0 saturated carbocycles. The van der Waals surface area contributed by atoms with Crippen molar-refractivity contribution in [3.63, 3.8) is 0 Å². The largest absolute Gasteiger partial charge is 0.432 e. The Morgan fingerprint density at radius 1 is 1.29 bits per heavy atom. The van der Waals surface area contributed by atoms with Crippen LogP contribution in [0.3, 0.4) is 0 Å². The minimum absolute atomic E-state index is 0.691. The van der Waals surface area contributed by atoms with Gasteiger partial charge in [-0.15, -0.1) is 0 Å². The van der Waals surface area contributed by atoms with Gasteiger partial charge in [0, 0.05) is 28.2 Å². The van der Waals surface area contributed by atoms with Crippen LogP contribution < -0.4 is 0 Å². The number of oxazole rings is 1. The number of aromatic nitrogens is 1. The molecule has 0 N–H and O–H groups in total. The zero-order valence-corrected chi connectivity index (χ0v) is 10.2. The average molecular weight is 299 g/mol. The van der Waals surface area contributed by atoms with Crippen molar-refractivity contribution >= 4 is 22.6 Å². The molecule has 2 aromatic rings. The molecule has 72 valence electrons. The molecule has 0 bridgehead atoms. The Morgan fingerprint density at radius 2 is 2.07 bits per heavy atom. The molecular weight excluding hydrogens is 289 g/mol. The summed E-state index contributed by atoms with van der Waals surface area (Å²) in [7, 11) is 0. The molecular formula is C11H10INO. The van der Waals surface area contributed by atoms with Gasteiger partial charge in [0.15, 0.2) is 5.76 Å². The number of nitrogens with zero attached hydrogens (tertiary/aromatic N) is 1. The van der Waals surface area contributed by atoms with Gasteiger partial charge in [-0.3, -0.25) is 0 Å². The molecule has 0 aliphatic rings. The standard InChI is InChI=1S/C11H10INO/c1-7-4-3-5-9(6-7)10-8(2)13-11(12)14-10/h3-6H,1-2H3. The fourth-order valence-electron chi connectivity index (χ4n) is 1.42. The lowest BCUT2D eigenvalue weighted by Gasteiger charge is -1.98. The lowest BCUT2D eigenvalue weighted by Crippen LogP contribution is -1.79. The van der Waals surface area contributed by atoms with E-state index in [1.807, 2.05) is 19.1 Å². The van der Waals surface area contributed by atoms with Crippen LogP contribution in [0.4, 0.5) is 0 Å². The smallest absolute Gasteiger partial charge is 0.257 e. The van der Waals surface area contributed by atoms with E-state index in [9.17, 15) is 0 Å². The zero-order chi connectivity index (χ0) is 10.1. The zero-order valence-electron chi connectivity index (χ0n) is 8.04. The van der Waals surface area contributed by atoms with Crippen molar-refractivity contribution < 1.29 is 4.42 Å². The van der Waals surface area contributed by atoms with Gasteiger partial charge in [-0.25, -0.2) is 4.98 Å². The van der Waals surface area contributed by atoms with Gasteiger partial charge in [-0.1, -0.05) is 23.8 Å². The van der Waals surface area contributed by atoms with Gasteiger partial charge >= 0.3 is 0 Å². The van der Waals surface area contributed by atoms with Crippen molar-refractivity contribution in [2.24, 2.45) is 0 Å². The Hall–Kier alpha value is -0.840. The Labute approximate surface area is 96.5 Å². The monoisotopic (exact) mass is 299 g/mol. The minimum atomic E-state index is 0.691. The molecule has 1 heterocycles. The van der Waals surface area contributed by atoms with E-state index < -0.39 is 0 Å². The normalized spacial score (nSPS) is 10.5. The van der Waals surface area contributed by atoms with E-state index in [-0.39, 0.29) is 0 Å². The Morgan fingerprint density at radius 3 is 2.64 bits per heavy atom. The number of aryl methyl sites for hydroxylation is 2. The molecule has 14 heavy (non-hydrogen) atoms. The maximum absolute atomic E-state index is 5.53. The third-order valence-electron chi connectivity index (χ3n) is 2.05. The summed E-state index contributed by atoms with van der Waals surface area (Å²) in [4.78, 5) is 4.24. The molecule has 1 aromatic carbocycles. The summed E-state index contributed by atoms with van der Waals surface area (Å²) in [5, 5.41) is 0. The maximum Gasteiger partial charge on any atom is 0.257 e. The van der Waals surface area contributed by atoms with Crippen molar-refractivity contribution in [1.29, 1.82) is 0 Å². The Bertz CT molecular complexity index is 462. The third-order valence-corrected chi connectivity index (χ3v) is 2.51. The van der Waals surface area contributed by atoms with E-state index in [0.29, 0.717) is 3.90 Å². The topological polar surface area (TPSA) is 26.0 Å². The lowest BCUT2D eigenvalue weighted by molar-refractivity contribution is 0.538. The molecule has 2 rings (SSSR count). The molecule has 0 amide bonds. The summed E-state index contributed by atoms with van der Waals surface area (Å²) in [6, 6.07) is 8.24. The molecule has 0 aliphatic heterocycles. The van der Waals surface area contributed by atoms with Crippen LogP contribution in [-0.2, 0) is 0 Å². The van der Waals surface area contributed by atoms with Crippen LogP contribution in [0.2, 0.25) is 0 Å². The van der Waals surface area contributed by atoms with Crippen molar-refractivity contribution in [1.82, 2.24) is 4.98 Å². The number of hydrogen-bond acceptors (Lipinski definition) is 2. The minimum Gasteiger partial charge on any atom is -0.432 e. The second kappa shape index (κ2) is 3.73. The average Bonchev–Trinajstić information content (AvgIpc) is 2.45. The van der Waals surface area contributed by atoms with E-state index in [4.69, 9.17) is 4.42 Å². The molecule has 0 spiro atoms. The van der Waals surface area contributed by atoms with Gasteiger partial charge in [0.05, 0.1) is 5.69 Å². The quantitative estimate of drug-likeness (QED) is 0.752. The van der Waals surface area contributed by atoms with Crippen LogP contribution in [0.5, 0.6) is 0 Å². The summed E-state index contributed by atoms with van der Waals surface area (Å²) in [6.07, 6.45) is 0. The molecule has 0 saturated heterocycles. The van der Waals surface area contributed by atoms with Crippen LogP contribution in [0, 0.1) is 17.7 Å². The highest BCUT2D eigenvalue weighted by Crippen LogP contribution is 2.25. The SMILES string of the molecule is Cc1cccc(-c2oc(I)nc2C)c1. The molecule has 1 aromatic heterocycles. The fourth-order valence-corrected chi connectivity index (χ4v) is 2.00. The predicted octanol–water partition coefficient (Wildman–Crippen LogP) is 3.56.